The summed E-state index contributed by atoms with van der Waals surface area (Å²) < 4.78 is 12.9. The summed E-state index contributed by atoms with van der Waals surface area (Å²) in [5.74, 6) is 1.29. The molecule has 1 N–H and O–H groups in total. The molecule has 0 spiro atoms. The molecule has 9 heteroatoms. The van der Waals surface area contributed by atoms with Gasteiger partial charge in [0.05, 0.1) is 21.1 Å². The highest BCUT2D eigenvalue weighted by Gasteiger charge is 2.18. The van der Waals surface area contributed by atoms with Gasteiger partial charge in [0.25, 0.3) is 5.91 Å². The fourth-order valence-electron chi connectivity index (χ4n) is 2.61. The summed E-state index contributed by atoms with van der Waals surface area (Å²) in [6.07, 6.45) is 1.78. The highest BCUT2D eigenvalue weighted by Crippen LogP contribution is 2.33. The van der Waals surface area contributed by atoms with Crippen molar-refractivity contribution in [1.29, 1.82) is 0 Å². The molecule has 138 valence electrons. The summed E-state index contributed by atoms with van der Waals surface area (Å²) in [5, 5.41) is 8.17. The van der Waals surface area contributed by atoms with Crippen molar-refractivity contribution in [2.24, 2.45) is 0 Å². The number of hydrogen-bond donors (Lipinski definition) is 1. The number of rotatable bonds is 4. The van der Waals surface area contributed by atoms with Crippen LogP contribution in [0.4, 0.5) is 5.82 Å². The third kappa shape index (κ3) is 3.90. The minimum absolute atomic E-state index is 0.158. The number of nitrogens with zero attached hydrogens (tertiary/aromatic N) is 2. The van der Waals surface area contributed by atoms with Gasteiger partial charge in [0.1, 0.15) is 0 Å². The predicted octanol–water partition coefficient (Wildman–Crippen LogP) is 4.98. The summed E-state index contributed by atoms with van der Waals surface area (Å²) in [4.78, 5) is 12.5. The molecule has 0 fully saturated rings. The fraction of sp³-hybridized carbons (Fsp3) is 0.111. The fourth-order valence-corrected chi connectivity index (χ4v) is 3.34. The molecule has 1 aliphatic rings. The molecule has 2 heterocycles. The Hall–Kier alpha value is -2.22. The maximum atomic E-state index is 12.5. The molecular formula is C18H12BrCl2N3O3. The van der Waals surface area contributed by atoms with Crippen LogP contribution in [0.25, 0.3) is 0 Å². The monoisotopic (exact) mass is 467 g/mol. The van der Waals surface area contributed by atoms with Crippen LogP contribution in [0.2, 0.25) is 10.0 Å². The predicted molar refractivity (Wildman–Crippen MR) is 106 cm³/mol. The highest BCUT2D eigenvalue weighted by atomic mass is 79.9. The van der Waals surface area contributed by atoms with Crippen LogP contribution in [0.3, 0.4) is 0 Å². The average Bonchev–Trinajstić information content (AvgIpc) is 3.24. The Balaban J connectivity index is 1.49. The van der Waals surface area contributed by atoms with Crippen molar-refractivity contribution >= 4 is 50.9 Å². The van der Waals surface area contributed by atoms with Crippen LogP contribution < -0.4 is 14.8 Å². The molecule has 2 aromatic carbocycles. The van der Waals surface area contributed by atoms with Crippen molar-refractivity contribution in [2.75, 3.05) is 12.1 Å². The largest absolute Gasteiger partial charge is 0.454 e. The van der Waals surface area contributed by atoms with Gasteiger partial charge in [-0.2, -0.15) is 5.10 Å². The Morgan fingerprint density at radius 2 is 1.96 bits per heavy atom. The van der Waals surface area contributed by atoms with Gasteiger partial charge in [0.2, 0.25) is 6.79 Å². The van der Waals surface area contributed by atoms with E-state index < -0.39 is 0 Å². The standard InChI is InChI=1S/C18H12BrCl2N3O3/c19-12-8-24(7-10-1-3-13(20)14(21)5-10)23-17(12)22-18(25)11-2-4-15-16(6-11)27-9-26-15/h1-6,8H,7,9H2,(H,22,23,25). The summed E-state index contributed by atoms with van der Waals surface area (Å²) in [6.45, 7) is 0.639. The van der Waals surface area contributed by atoms with Gasteiger partial charge in [0.15, 0.2) is 17.3 Å². The van der Waals surface area contributed by atoms with Gasteiger partial charge in [0, 0.05) is 11.8 Å². The minimum Gasteiger partial charge on any atom is -0.454 e. The molecule has 4 rings (SSSR count). The third-order valence-electron chi connectivity index (χ3n) is 3.91. The lowest BCUT2D eigenvalue weighted by Crippen LogP contribution is -2.13. The first-order valence-electron chi connectivity index (χ1n) is 7.87. The Labute approximate surface area is 173 Å². The summed E-state index contributed by atoms with van der Waals surface area (Å²) in [6, 6.07) is 10.4. The quantitative estimate of drug-likeness (QED) is 0.586. The Morgan fingerprint density at radius 1 is 1.15 bits per heavy atom. The van der Waals surface area contributed by atoms with E-state index in [1.807, 2.05) is 6.07 Å². The van der Waals surface area contributed by atoms with E-state index >= 15 is 0 Å². The van der Waals surface area contributed by atoms with Crippen molar-refractivity contribution in [3.05, 3.63) is 68.2 Å². The van der Waals surface area contributed by atoms with E-state index in [4.69, 9.17) is 32.7 Å². The van der Waals surface area contributed by atoms with Gasteiger partial charge in [-0.1, -0.05) is 29.3 Å². The lowest BCUT2D eigenvalue weighted by atomic mass is 10.2. The summed E-state index contributed by atoms with van der Waals surface area (Å²) in [7, 11) is 0. The molecule has 0 aliphatic carbocycles. The molecule has 27 heavy (non-hydrogen) atoms. The van der Waals surface area contributed by atoms with E-state index in [-0.39, 0.29) is 12.7 Å². The number of carbonyl (C=O) groups is 1. The molecule has 1 amide bonds. The number of halogens is 3. The normalized spacial score (nSPS) is 12.3. The Bertz CT molecular complexity index is 1040. The van der Waals surface area contributed by atoms with Gasteiger partial charge in [-0.25, -0.2) is 0 Å². The third-order valence-corrected chi connectivity index (χ3v) is 5.23. The number of carbonyl (C=O) groups excluding carboxylic acids is 1. The zero-order chi connectivity index (χ0) is 19.0. The molecule has 0 radical (unpaired) electrons. The maximum Gasteiger partial charge on any atom is 0.257 e. The van der Waals surface area contributed by atoms with Crippen molar-refractivity contribution in [3.63, 3.8) is 0 Å². The van der Waals surface area contributed by atoms with Crippen LogP contribution in [0.5, 0.6) is 11.5 Å². The topological polar surface area (TPSA) is 65.4 Å². The number of ether oxygens (including phenoxy) is 2. The second kappa shape index (κ2) is 7.42. The van der Waals surface area contributed by atoms with Gasteiger partial charge in [-0.15, -0.1) is 0 Å². The number of nitrogens with one attached hydrogen (secondary N) is 1. The molecule has 3 aromatic rings. The molecule has 0 atom stereocenters. The van der Waals surface area contributed by atoms with E-state index in [9.17, 15) is 4.79 Å². The lowest BCUT2D eigenvalue weighted by Gasteiger charge is -2.05. The van der Waals surface area contributed by atoms with Crippen molar-refractivity contribution < 1.29 is 14.3 Å². The SMILES string of the molecule is O=C(Nc1nn(Cc2ccc(Cl)c(Cl)c2)cc1Br)c1ccc2c(c1)OCO2. The first-order chi connectivity index (χ1) is 13.0. The van der Waals surface area contributed by atoms with Crippen LogP contribution in [-0.4, -0.2) is 22.5 Å². The average molecular weight is 469 g/mol. The van der Waals surface area contributed by atoms with Crippen LogP contribution in [0.1, 0.15) is 15.9 Å². The van der Waals surface area contributed by atoms with E-state index in [0.717, 1.165) is 5.56 Å². The number of hydrogen-bond acceptors (Lipinski definition) is 4. The lowest BCUT2D eigenvalue weighted by molar-refractivity contribution is 0.102. The summed E-state index contributed by atoms with van der Waals surface area (Å²) >= 11 is 15.4. The van der Waals surface area contributed by atoms with Gasteiger partial charge in [-0.3, -0.25) is 9.48 Å². The molecular weight excluding hydrogens is 457 g/mol. The van der Waals surface area contributed by atoms with Crippen LogP contribution in [0.15, 0.2) is 47.1 Å². The summed E-state index contributed by atoms with van der Waals surface area (Å²) in [5.41, 5.74) is 1.39. The number of aromatic nitrogens is 2. The Morgan fingerprint density at radius 3 is 2.78 bits per heavy atom. The molecule has 1 aromatic heterocycles. The zero-order valence-corrected chi connectivity index (χ0v) is 16.8. The van der Waals surface area contributed by atoms with E-state index in [0.29, 0.717) is 43.9 Å². The molecule has 6 nitrogen and oxygen atoms in total. The molecule has 1 aliphatic heterocycles. The van der Waals surface area contributed by atoms with E-state index in [1.165, 1.54) is 0 Å². The molecule has 0 saturated carbocycles. The number of amides is 1. The van der Waals surface area contributed by atoms with E-state index in [1.54, 1.807) is 41.2 Å². The second-order valence-corrected chi connectivity index (χ2v) is 7.46. The maximum absolute atomic E-state index is 12.5. The number of benzene rings is 2. The first-order valence-corrected chi connectivity index (χ1v) is 9.42. The van der Waals surface area contributed by atoms with Gasteiger partial charge >= 0.3 is 0 Å². The van der Waals surface area contributed by atoms with Crippen molar-refractivity contribution in [2.45, 2.75) is 6.54 Å². The highest BCUT2D eigenvalue weighted by molar-refractivity contribution is 9.10. The minimum atomic E-state index is -0.297. The van der Waals surface area contributed by atoms with Gasteiger partial charge in [-0.05, 0) is 51.8 Å². The van der Waals surface area contributed by atoms with Crippen molar-refractivity contribution in [1.82, 2.24) is 9.78 Å². The smallest absolute Gasteiger partial charge is 0.257 e. The van der Waals surface area contributed by atoms with Crippen LogP contribution in [0, 0.1) is 0 Å². The van der Waals surface area contributed by atoms with Gasteiger partial charge < -0.3 is 14.8 Å². The Kier molecular flexibility index (Phi) is 4.99. The molecule has 0 saturated heterocycles. The number of fused-ring (bicyclic) bond motifs is 1. The first kappa shape index (κ1) is 18.2. The van der Waals surface area contributed by atoms with Crippen LogP contribution in [-0.2, 0) is 6.54 Å². The van der Waals surface area contributed by atoms with E-state index in [2.05, 4.69) is 26.3 Å². The van der Waals surface area contributed by atoms with Crippen molar-refractivity contribution in [3.8, 4) is 11.5 Å². The number of anilines is 1. The zero-order valence-electron chi connectivity index (χ0n) is 13.7. The molecule has 0 unspecified atom stereocenters. The van der Waals surface area contributed by atoms with Crippen LogP contribution >= 0.6 is 39.1 Å². The molecule has 0 bridgehead atoms. The second-order valence-electron chi connectivity index (χ2n) is 5.79.